The number of nitrogens with zero attached hydrogens (tertiary/aromatic N) is 4. The Hall–Kier alpha value is -3.48. The summed E-state index contributed by atoms with van der Waals surface area (Å²) in [6, 6.07) is 11.5. The lowest BCUT2D eigenvalue weighted by Gasteiger charge is -2.21. The molecule has 2 atom stereocenters. The first-order chi connectivity index (χ1) is 16.0. The van der Waals surface area contributed by atoms with Crippen LogP contribution in [0, 0.1) is 18.7 Å². The van der Waals surface area contributed by atoms with Crippen LogP contribution in [0.4, 0.5) is 4.39 Å². The van der Waals surface area contributed by atoms with Crippen molar-refractivity contribution in [2.75, 3.05) is 6.54 Å². The lowest BCUT2D eigenvalue weighted by atomic mass is 10.1. The second kappa shape index (κ2) is 8.81. The van der Waals surface area contributed by atoms with Crippen molar-refractivity contribution in [3.05, 3.63) is 71.9 Å². The number of halogens is 1. The summed E-state index contributed by atoms with van der Waals surface area (Å²) in [4.78, 5) is 19.7. The second-order valence-electron chi connectivity index (χ2n) is 9.14. The summed E-state index contributed by atoms with van der Waals surface area (Å²) in [7, 11) is 0. The van der Waals surface area contributed by atoms with Gasteiger partial charge in [-0.1, -0.05) is 12.1 Å². The number of carbonyl (C=O) groups is 1. The Morgan fingerprint density at radius 3 is 2.91 bits per heavy atom. The number of rotatable bonds is 6. The van der Waals surface area contributed by atoms with Gasteiger partial charge in [-0.2, -0.15) is 5.10 Å². The molecule has 4 aromatic rings. The van der Waals surface area contributed by atoms with Gasteiger partial charge in [-0.3, -0.25) is 9.89 Å². The van der Waals surface area contributed by atoms with E-state index in [2.05, 4.69) is 34.0 Å². The van der Waals surface area contributed by atoms with Crippen molar-refractivity contribution < 1.29 is 9.18 Å². The number of hydrogen-bond acceptors (Lipinski definition) is 3. The molecular formula is C26H28FN5O. The fourth-order valence-corrected chi connectivity index (χ4v) is 4.94. The molecule has 1 aliphatic heterocycles. The molecule has 1 N–H and O–H groups in total. The van der Waals surface area contributed by atoms with Crippen molar-refractivity contribution in [1.29, 1.82) is 0 Å². The van der Waals surface area contributed by atoms with Crippen molar-refractivity contribution in [2.45, 2.75) is 45.7 Å². The minimum absolute atomic E-state index is 0.177. The Morgan fingerprint density at radius 1 is 1.24 bits per heavy atom. The zero-order valence-electron chi connectivity index (χ0n) is 19.0. The van der Waals surface area contributed by atoms with E-state index < -0.39 is 0 Å². The quantitative estimate of drug-likeness (QED) is 0.466. The van der Waals surface area contributed by atoms with Gasteiger partial charge in [0.1, 0.15) is 5.82 Å². The van der Waals surface area contributed by atoms with E-state index in [0.29, 0.717) is 24.3 Å². The number of nitrogens with one attached hydrogen (secondary N) is 1. The molecule has 1 amide bonds. The fraction of sp³-hybridized carbons (Fsp3) is 0.346. The molecule has 1 saturated heterocycles. The highest BCUT2D eigenvalue weighted by atomic mass is 19.1. The van der Waals surface area contributed by atoms with E-state index in [1.54, 1.807) is 19.2 Å². The maximum Gasteiger partial charge on any atom is 0.223 e. The molecule has 33 heavy (non-hydrogen) atoms. The summed E-state index contributed by atoms with van der Waals surface area (Å²) in [6.07, 6.45) is 7.78. The number of carbonyl (C=O) groups excluding carboxylic acids is 1. The average Bonchev–Trinajstić information content (AvgIpc) is 3.55. The lowest BCUT2D eigenvalue weighted by Crippen LogP contribution is -2.34. The first-order valence-corrected chi connectivity index (χ1v) is 11.5. The minimum Gasteiger partial charge on any atom is -0.346 e. The number of amides is 1. The number of hydrogen-bond donors (Lipinski definition) is 1. The van der Waals surface area contributed by atoms with E-state index in [4.69, 9.17) is 4.98 Å². The zero-order valence-corrected chi connectivity index (χ0v) is 19.0. The van der Waals surface area contributed by atoms with Crippen LogP contribution < -0.4 is 0 Å². The predicted octanol–water partition coefficient (Wildman–Crippen LogP) is 4.74. The van der Waals surface area contributed by atoms with Crippen LogP contribution in [-0.4, -0.2) is 43.1 Å². The Balaban J connectivity index is 1.22. The normalized spacial score (nSPS) is 18.3. The highest BCUT2D eigenvalue weighted by molar-refractivity contribution is 5.79. The molecule has 0 bridgehead atoms. The monoisotopic (exact) mass is 445 g/mol. The Labute approximate surface area is 192 Å². The van der Waals surface area contributed by atoms with Crippen LogP contribution >= 0.6 is 0 Å². The fourth-order valence-electron chi connectivity index (χ4n) is 4.94. The van der Waals surface area contributed by atoms with Crippen LogP contribution in [0.1, 0.15) is 30.9 Å². The predicted molar refractivity (Wildman–Crippen MR) is 126 cm³/mol. The number of H-pyrrole nitrogens is 1. The van der Waals surface area contributed by atoms with E-state index in [1.807, 2.05) is 29.3 Å². The summed E-state index contributed by atoms with van der Waals surface area (Å²) in [6.45, 7) is 5.52. The molecule has 0 unspecified atom stereocenters. The van der Waals surface area contributed by atoms with Gasteiger partial charge in [-0.15, -0.1) is 0 Å². The van der Waals surface area contributed by atoms with Crippen LogP contribution in [-0.2, 0) is 17.8 Å². The van der Waals surface area contributed by atoms with Crippen LogP contribution in [0.3, 0.4) is 0 Å². The van der Waals surface area contributed by atoms with Crippen molar-refractivity contribution in [3.63, 3.8) is 0 Å². The van der Waals surface area contributed by atoms with Gasteiger partial charge in [-0.25, -0.2) is 9.37 Å². The largest absolute Gasteiger partial charge is 0.346 e. The maximum atomic E-state index is 13.5. The maximum absolute atomic E-state index is 13.5. The summed E-state index contributed by atoms with van der Waals surface area (Å²) in [5.74, 6) is 0.378. The second-order valence-corrected chi connectivity index (χ2v) is 9.14. The van der Waals surface area contributed by atoms with Crippen LogP contribution in [0.25, 0.3) is 22.3 Å². The number of fused-ring (bicyclic) bond motifs is 1. The molecular weight excluding hydrogens is 417 g/mol. The number of aromatic nitrogens is 4. The third-order valence-corrected chi connectivity index (χ3v) is 6.70. The number of likely N-dealkylation sites (tertiary alicyclic amines) is 1. The molecule has 6 nitrogen and oxygen atoms in total. The van der Waals surface area contributed by atoms with E-state index in [0.717, 1.165) is 47.4 Å². The molecule has 1 aromatic carbocycles. The molecule has 4 heterocycles. The molecule has 0 saturated carbocycles. The molecule has 0 radical (unpaired) electrons. The van der Waals surface area contributed by atoms with Gasteiger partial charge in [0.05, 0.1) is 22.9 Å². The van der Waals surface area contributed by atoms with Crippen molar-refractivity contribution >= 4 is 16.9 Å². The first-order valence-electron chi connectivity index (χ1n) is 11.5. The van der Waals surface area contributed by atoms with Crippen LogP contribution in [0.15, 0.2) is 55.0 Å². The number of benzene rings is 1. The molecule has 170 valence electrons. The van der Waals surface area contributed by atoms with Gasteiger partial charge in [0, 0.05) is 43.5 Å². The summed E-state index contributed by atoms with van der Waals surface area (Å²) < 4.78 is 15.7. The summed E-state index contributed by atoms with van der Waals surface area (Å²) in [5.41, 5.74) is 5.57. The number of pyridine rings is 1. The molecule has 0 aliphatic carbocycles. The SMILES string of the molecule is Cc1cc(CCC(=O)N2C[C@H](Cn3ccc4nc(-c5cn[nH]c5)ccc43)C[C@@H]2C)ccc1F. The highest BCUT2D eigenvalue weighted by Gasteiger charge is 2.32. The smallest absolute Gasteiger partial charge is 0.223 e. The van der Waals surface area contributed by atoms with E-state index in [1.165, 1.54) is 6.07 Å². The summed E-state index contributed by atoms with van der Waals surface area (Å²) in [5, 5.41) is 6.83. The molecule has 7 heteroatoms. The standard InChI is InChI=1S/C26H28FN5O/c1-17-11-19(3-5-22(17)27)4-8-26(33)32-16-20(12-18(32)2)15-31-10-9-24-25(31)7-6-23(30-24)21-13-28-29-14-21/h3,5-7,9-11,13-14,18,20H,4,8,12,15-16H2,1-2H3,(H,28,29)/t18-,20-/m0/s1. The first kappa shape index (κ1) is 21.4. The third-order valence-electron chi connectivity index (χ3n) is 6.70. The van der Waals surface area contributed by atoms with Gasteiger partial charge >= 0.3 is 0 Å². The molecule has 5 rings (SSSR count). The number of aryl methyl sites for hydroxylation is 2. The van der Waals surface area contributed by atoms with Gasteiger partial charge in [0.25, 0.3) is 0 Å². The van der Waals surface area contributed by atoms with E-state index >= 15 is 0 Å². The Morgan fingerprint density at radius 2 is 2.12 bits per heavy atom. The number of aromatic amines is 1. The van der Waals surface area contributed by atoms with Gasteiger partial charge in [0.2, 0.25) is 5.91 Å². The topological polar surface area (TPSA) is 66.8 Å². The third kappa shape index (κ3) is 4.40. The molecule has 0 spiro atoms. The van der Waals surface area contributed by atoms with Crippen molar-refractivity contribution in [3.8, 4) is 11.3 Å². The average molecular weight is 446 g/mol. The summed E-state index contributed by atoms with van der Waals surface area (Å²) >= 11 is 0. The molecule has 1 fully saturated rings. The van der Waals surface area contributed by atoms with Crippen LogP contribution in [0.5, 0.6) is 0 Å². The molecule has 1 aliphatic rings. The van der Waals surface area contributed by atoms with Gasteiger partial charge in [0.15, 0.2) is 0 Å². The van der Waals surface area contributed by atoms with Crippen molar-refractivity contribution in [1.82, 2.24) is 24.6 Å². The zero-order chi connectivity index (χ0) is 22.9. The Kier molecular flexibility index (Phi) is 5.70. The van der Waals surface area contributed by atoms with Gasteiger partial charge in [-0.05, 0) is 68.0 Å². The van der Waals surface area contributed by atoms with E-state index in [9.17, 15) is 9.18 Å². The lowest BCUT2D eigenvalue weighted by molar-refractivity contribution is -0.131. The minimum atomic E-state index is -0.202. The van der Waals surface area contributed by atoms with Gasteiger partial charge < -0.3 is 9.47 Å². The van der Waals surface area contributed by atoms with E-state index in [-0.39, 0.29) is 17.8 Å². The van der Waals surface area contributed by atoms with Crippen LogP contribution in [0.2, 0.25) is 0 Å². The Bertz CT molecular complexity index is 1280. The van der Waals surface area contributed by atoms with Crippen molar-refractivity contribution in [2.24, 2.45) is 5.92 Å². The highest BCUT2D eigenvalue weighted by Crippen LogP contribution is 2.28. The molecule has 3 aromatic heterocycles.